The van der Waals surface area contributed by atoms with Crippen LogP contribution in [0, 0.1) is 17.0 Å². The van der Waals surface area contributed by atoms with Gasteiger partial charge in [0.15, 0.2) is 0 Å². The summed E-state index contributed by atoms with van der Waals surface area (Å²) in [5.74, 6) is -0.265. The Balaban J connectivity index is 2.10. The minimum atomic E-state index is -0.785. The first-order valence-electron chi connectivity index (χ1n) is 7.70. The molecule has 1 N–H and O–H groups in total. The molecule has 1 amide bonds. The van der Waals surface area contributed by atoms with E-state index in [0.29, 0.717) is 12.1 Å². The van der Waals surface area contributed by atoms with Crippen molar-refractivity contribution in [1.82, 2.24) is 4.90 Å². The van der Waals surface area contributed by atoms with Crippen LogP contribution in [0.25, 0.3) is 0 Å². The van der Waals surface area contributed by atoms with Gasteiger partial charge in [-0.2, -0.15) is 0 Å². The zero-order valence-corrected chi connectivity index (χ0v) is 13.7. The van der Waals surface area contributed by atoms with E-state index >= 15 is 0 Å². The number of non-ortho nitro benzene ring substituents is 1. The van der Waals surface area contributed by atoms with Gasteiger partial charge < -0.3 is 10.0 Å². The number of carbonyl (C=O) groups is 1. The highest BCUT2D eigenvalue weighted by Gasteiger charge is 2.19. The van der Waals surface area contributed by atoms with Crippen LogP contribution in [0.15, 0.2) is 48.5 Å². The normalized spacial score (nSPS) is 11.8. The molecule has 0 radical (unpaired) electrons. The van der Waals surface area contributed by atoms with Crippen molar-refractivity contribution in [3.05, 3.63) is 75.3 Å². The molecule has 0 aromatic heterocycles. The Morgan fingerprint density at radius 2 is 1.75 bits per heavy atom. The van der Waals surface area contributed by atoms with Gasteiger partial charge in [-0.25, -0.2) is 0 Å². The second-order valence-electron chi connectivity index (χ2n) is 5.57. The van der Waals surface area contributed by atoms with Gasteiger partial charge in [-0.3, -0.25) is 14.9 Å². The van der Waals surface area contributed by atoms with Gasteiger partial charge in [-0.1, -0.05) is 29.8 Å². The average molecular weight is 328 g/mol. The van der Waals surface area contributed by atoms with E-state index in [1.54, 1.807) is 0 Å². The number of rotatable bonds is 6. The Morgan fingerprint density at radius 3 is 2.25 bits per heavy atom. The molecule has 24 heavy (non-hydrogen) atoms. The van der Waals surface area contributed by atoms with Crippen molar-refractivity contribution in [2.24, 2.45) is 0 Å². The third-order valence-electron chi connectivity index (χ3n) is 3.85. The van der Waals surface area contributed by atoms with Crippen LogP contribution in [0.3, 0.4) is 0 Å². The van der Waals surface area contributed by atoms with Gasteiger partial charge in [-0.05, 0) is 31.5 Å². The number of aliphatic hydroxyl groups excluding tert-OH is 1. The van der Waals surface area contributed by atoms with E-state index in [2.05, 4.69) is 0 Å². The smallest absolute Gasteiger partial charge is 0.269 e. The first-order valence-corrected chi connectivity index (χ1v) is 7.70. The number of aliphatic hydroxyl groups is 1. The lowest BCUT2D eigenvalue weighted by Crippen LogP contribution is -2.34. The number of nitro groups is 1. The first kappa shape index (κ1) is 17.6. The Labute approximate surface area is 140 Å². The Bertz CT molecular complexity index is 711. The number of amides is 1. The fourth-order valence-corrected chi connectivity index (χ4v) is 2.37. The van der Waals surface area contributed by atoms with E-state index in [1.165, 1.54) is 29.2 Å². The van der Waals surface area contributed by atoms with Gasteiger partial charge in [0.2, 0.25) is 0 Å². The van der Waals surface area contributed by atoms with Crippen LogP contribution < -0.4 is 0 Å². The van der Waals surface area contributed by atoms with Crippen LogP contribution in [-0.4, -0.2) is 33.9 Å². The summed E-state index contributed by atoms with van der Waals surface area (Å²) in [5.41, 5.74) is 2.14. The number of likely N-dealkylation sites (N-methyl/N-ethyl adjacent to an activating group) is 1. The predicted molar refractivity (Wildman–Crippen MR) is 90.8 cm³/mol. The minimum Gasteiger partial charge on any atom is -0.387 e. The maximum atomic E-state index is 12.5. The molecule has 0 heterocycles. The van der Waals surface area contributed by atoms with Gasteiger partial charge in [0, 0.05) is 24.2 Å². The highest BCUT2D eigenvalue weighted by molar-refractivity contribution is 5.94. The molecule has 0 saturated heterocycles. The quantitative estimate of drug-likeness (QED) is 0.652. The van der Waals surface area contributed by atoms with Crippen molar-refractivity contribution in [3.63, 3.8) is 0 Å². The summed E-state index contributed by atoms with van der Waals surface area (Å²) in [6.45, 7) is 4.38. The molecule has 2 rings (SSSR count). The molecule has 2 aromatic rings. The van der Waals surface area contributed by atoms with Crippen molar-refractivity contribution in [3.8, 4) is 0 Å². The Morgan fingerprint density at radius 1 is 1.17 bits per heavy atom. The van der Waals surface area contributed by atoms with Crippen molar-refractivity contribution >= 4 is 11.6 Å². The van der Waals surface area contributed by atoms with E-state index in [-0.39, 0.29) is 18.1 Å². The van der Waals surface area contributed by atoms with Crippen LogP contribution in [0.4, 0.5) is 5.69 Å². The highest BCUT2D eigenvalue weighted by Crippen LogP contribution is 2.18. The molecule has 126 valence electrons. The molecular weight excluding hydrogens is 308 g/mol. The van der Waals surface area contributed by atoms with Crippen LogP contribution in [0.5, 0.6) is 0 Å². The van der Waals surface area contributed by atoms with Crippen molar-refractivity contribution in [2.45, 2.75) is 20.0 Å². The zero-order chi connectivity index (χ0) is 17.7. The average Bonchev–Trinajstić information content (AvgIpc) is 2.59. The number of aryl methyl sites for hydroxylation is 1. The molecule has 6 nitrogen and oxygen atoms in total. The second-order valence-corrected chi connectivity index (χ2v) is 5.57. The molecule has 1 atom stereocenters. The molecule has 0 bridgehead atoms. The molecule has 0 aliphatic heterocycles. The molecule has 0 aliphatic carbocycles. The Kier molecular flexibility index (Phi) is 5.65. The van der Waals surface area contributed by atoms with Crippen molar-refractivity contribution in [2.75, 3.05) is 13.1 Å². The summed E-state index contributed by atoms with van der Waals surface area (Å²) in [4.78, 5) is 24.2. The van der Waals surface area contributed by atoms with Crippen LogP contribution in [0.2, 0.25) is 0 Å². The fourth-order valence-electron chi connectivity index (χ4n) is 2.37. The highest BCUT2D eigenvalue weighted by atomic mass is 16.6. The topological polar surface area (TPSA) is 83.7 Å². The van der Waals surface area contributed by atoms with Gasteiger partial charge in [0.05, 0.1) is 17.6 Å². The van der Waals surface area contributed by atoms with Crippen LogP contribution >= 0.6 is 0 Å². The summed E-state index contributed by atoms with van der Waals surface area (Å²) < 4.78 is 0. The number of nitrogens with zero attached hydrogens (tertiary/aromatic N) is 2. The molecule has 1 unspecified atom stereocenters. The molecule has 0 saturated carbocycles. The molecule has 0 spiro atoms. The van der Waals surface area contributed by atoms with E-state index in [4.69, 9.17) is 0 Å². The number of hydrogen-bond acceptors (Lipinski definition) is 4. The molecule has 0 aliphatic rings. The third kappa shape index (κ3) is 4.17. The Hall–Kier alpha value is -2.73. The number of hydrogen-bond donors (Lipinski definition) is 1. The van der Waals surface area contributed by atoms with Gasteiger partial charge in [0.1, 0.15) is 0 Å². The lowest BCUT2D eigenvalue weighted by Gasteiger charge is -2.24. The zero-order valence-electron chi connectivity index (χ0n) is 13.7. The summed E-state index contributed by atoms with van der Waals surface area (Å²) in [6.07, 6.45) is -0.785. The first-order chi connectivity index (χ1) is 11.4. The molecule has 0 fully saturated rings. The monoisotopic (exact) mass is 328 g/mol. The summed E-state index contributed by atoms with van der Waals surface area (Å²) >= 11 is 0. The standard InChI is InChI=1S/C18H20N2O4/c1-3-19(12-17(21)14-6-4-13(2)5-7-14)18(22)15-8-10-16(11-9-15)20(23)24/h4-11,17,21H,3,12H2,1-2H3. The van der Waals surface area contributed by atoms with Crippen molar-refractivity contribution < 1.29 is 14.8 Å². The molecule has 6 heteroatoms. The second kappa shape index (κ2) is 7.70. The maximum Gasteiger partial charge on any atom is 0.269 e. The van der Waals surface area contributed by atoms with Crippen LogP contribution in [0.1, 0.15) is 34.5 Å². The fraction of sp³-hybridized carbons (Fsp3) is 0.278. The lowest BCUT2D eigenvalue weighted by atomic mass is 10.1. The molecule has 2 aromatic carbocycles. The minimum absolute atomic E-state index is 0.0608. The number of carbonyl (C=O) groups excluding carboxylic acids is 1. The van der Waals surface area contributed by atoms with E-state index in [1.807, 2.05) is 38.1 Å². The van der Waals surface area contributed by atoms with Gasteiger partial charge in [-0.15, -0.1) is 0 Å². The lowest BCUT2D eigenvalue weighted by molar-refractivity contribution is -0.384. The number of benzene rings is 2. The van der Waals surface area contributed by atoms with E-state index in [9.17, 15) is 20.0 Å². The van der Waals surface area contributed by atoms with Gasteiger partial charge >= 0.3 is 0 Å². The van der Waals surface area contributed by atoms with Crippen LogP contribution in [-0.2, 0) is 0 Å². The van der Waals surface area contributed by atoms with Gasteiger partial charge in [0.25, 0.3) is 11.6 Å². The summed E-state index contributed by atoms with van der Waals surface area (Å²) in [7, 11) is 0. The van der Waals surface area contributed by atoms with E-state index < -0.39 is 11.0 Å². The molecular formula is C18H20N2O4. The van der Waals surface area contributed by atoms with E-state index in [0.717, 1.165) is 11.1 Å². The number of nitro benzene ring substituents is 1. The largest absolute Gasteiger partial charge is 0.387 e. The summed E-state index contributed by atoms with van der Waals surface area (Å²) in [5, 5.41) is 21.0. The maximum absolute atomic E-state index is 12.5. The van der Waals surface area contributed by atoms with Crippen molar-refractivity contribution in [1.29, 1.82) is 0 Å². The SMILES string of the molecule is CCN(CC(O)c1ccc(C)cc1)C(=O)c1ccc([N+](=O)[O-])cc1. The third-order valence-corrected chi connectivity index (χ3v) is 3.85. The predicted octanol–water partition coefficient (Wildman–Crippen LogP) is 3.10. The summed E-state index contributed by atoms with van der Waals surface area (Å²) in [6, 6.07) is 13.0.